The molecule has 2 N–H and O–H groups in total. The third kappa shape index (κ3) is 5.29. The number of benzene rings is 1. The Hall–Kier alpha value is -2.42. The number of rotatable bonds is 4. The Labute approximate surface area is 157 Å². The zero-order valence-corrected chi connectivity index (χ0v) is 16.6. The van der Waals surface area contributed by atoms with Gasteiger partial charge in [0.1, 0.15) is 0 Å². The van der Waals surface area contributed by atoms with Crippen LogP contribution in [0, 0.1) is 13.8 Å². The predicted molar refractivity (Wildman–Crippen MR) is 100 cm³/mol. The minimum Gasteiger partial charge on any atom is -0.333 e. The largest absolute Gasteiger partial charge is 0.333 e. The van der Waals surface area contributed by atoms with Gasteiger partial charge in [-0.05, 0) is 69.2 Å². The van der Waals surface area contributed by atoms with Crippen LogP contribution in [0.1, 0.15) is 38.8 Å². The fourth-order valence-corrected chi connectivity index (χ4v) is 2.95. The Balaban J connectivity index is 2.10. The molecule has 0 unspecified atom stereocenters. The number of nitrogens with one attached hydrogen (secondary N) is 2. The number of aryl methyl sites for hydroxylation is 2. The van der Waals surface area contributed by atoms with Crippen molar-refractivity contribution in [2.24, 2.45) is 0 Å². The Kier molecular flexibility index (Phi) is 6.01. The van der Waals surface area contributed by atoms with Crippen LogP contribution in [0.2, 0.25) is 0 Å². The van der Waals surface area contributed by atoms with E-state index in [2.05, 4.69) is 26.2 Å². The Morgan fingerprint density at radius 1 is 1.23 bits per heavy atom. The number of aromatic nitrogens is 4. The van der Waals surface area contributed by atoms with Crippen molar-refractivity contribution in [2.45, 2.75) is 57.5 Å². The molecule has 0 spiro atoms. The lowest BCUT2D eigenvalue weighted by molar-refractivity contribution is -0.119. The van der Waals surface area contributed by atoms with E-state index in [0.717, 1.165) is 16.8 Å². The molecule has 2 aromatic rings. The molecule has 1 aromatic carbocycles. The average Bonchev–Trinajstić information content (AvgIpc) is 2.95. The second-order valence-electron chi connectivity index (χ2n) is 7.12. The maximum absolute atomic E-state index is 12.3. The smallest absolute Gasteiger partial charge is 0.321 e. The summed E-state index contributed by atoms with van der Waals surface area (Å²) in [6, 6.07) is 5.47. The zero-order valence-electron chi connectivity index (χ0n) is 15.8. The summed E-state index contributed by atoms with van der Waals surface area (Å²) in [6.07, 6.45) is 0. The van der Waals surface area contributed by atoms with Crippen LogP contribution in [0.3, 0.4) is 0 Å². The second kappa shape index (κ2) is 7.86. The highest BCUT2D eigenvalue weighted by atomic mass is 32.2. The Morgan fingerprint density at radius 3 is 2.58 bits per heavy atom. The molecular formula is C17H24N6O2S. The molecule has 9 heteroatoms. The summed E-state index contributed by atoms with van der Waals surface area (Å²) in [7, 11) is 0. The fourth-order valence-electron chi connectivity index (χ4n) is 2.15. The average molecular weight is 376 g/mol. The lowest BCUT2D eigenvalue weighted by Gasteiger charge is -2.21. The summed E-state index contributed by atoms with van der Waals surface area (Å²) < 4.78 is 1.60. The number of carbonyl (C=O) groups excluding carboxylic acids is 2. The summed E-state index contributed by atoms with van der Waals surface area (Å²) in [5.41, 5.74) is 2.54. The van der Waals surface area contributed by atoms with Crippen molar-refractivity contribution in [1.29, 1.82) is 0 Å². The van der Waals surface area contributed by atoms with Crippen LogP contribution >= 0.6 is 11.8 Å². The van der Waals surface area contributed by atoms with E-state index in [0.29, 0.717) is 5.16 Å². The molecular weight excluding hydrogens is 352 g/mol. The summed E-state index contributed by atoms with van der Waals surface area (Å²) in [5, 5.41) is 16.7. The van der Waals surface area contributed by atoms with Crippen molar-refractivity contribution in [3.63, 3.8) is 0 Å². The van der Waals surface area contributed by atoms with Gasteiger partial charge in [-0.15, -0.1) is 5.10 Å². The number of nitrogens with zero attached hydrogens (tertiary/aromatic N) is 4. The van der Waals surface area contributed by atoms with Gasteiger partial charge in [-0.1, -0.05) is 23.9 Å². The second-order valence-corrected chi connectivity index (χ2v) is 8.42. The van der Waals surface area contributed by atoms with E-state index in [9.17, 15) is 9.59 Å². The number of imide groups is 1. The fraction of sp³-hybridized carbons (Fsp3) is 0.471. The van der Waals surface area contributed by atoms with Gasteiger partial charge in [0.05, 0.1) is 10.9 Å². The molecule has 0 bridgehead atoms. The van der Waals surface area contributed by atoms with Crippen molar-refractivity contribution < 1.29 is 9.59 Å². The molecule has 1 aromatic heterocycles. The summed E-state index contributed by atoms with van der Waals surface area (Å²) in [4.78, 5) is 24.1. The van der Waals surface area contributed by atoms with Crippen LogP contribution in [-0.2, 0) is 4.79 Å². The number of hydrogen-bond donors (Lipinski definition) is 2. The molecule has 0 fully saturated rings. The van der Waals surface area contributed by atoms with E-state index in [1.165, 1.54) is 11.8 Å². The number of amides is 3. The third-order valence-electron chi connectivity index (χ3n) is 3.41. The molecule has 1 atom stereocenters. The molecule has 0 aliphatic rings. The maximum atomic E-state index is 12.3. The first-order valence-electron chi connectivity index (χ1n) is 8.22. The van der Waals surface area contributed by atoms with Gasteiger partial charge in [0, 0.05) is 5.54 Å². The molecule has 26 heavy (non-hydrogen) atoms. The first kappa shape index (κ1) is 19.9. The maximum Gasteiger partial charge on any atom is 0.321 e. The van der Waals surface area contributed by atoms with Crippen LogP contribution in [-0.4, -0.2) is 42.9 Å². The molecule has 0 aliphatic carbocycles. The van der Waals surface area contributed by atoms with Crippen LogP contribution in [0.4, 0.5) is 4.79 Å². The monoisotopic (exact) mass is 376 g/mol. The van der Waals surface area contributed by atoms with Crippen molar-refractivity contribution >= 4 is 23.7 Å². The summed E-state index contributed by atoms with van der Waals surface area (Å²) >= 11 is 1.19. The molecule has 0 saturated carbocycles. The van der Waals surface area contributed by atoms with Gasteiger partial charge < -0.3 is 5.32 Å². The van der Waals surface area contributed by atoms with Crippen LogP contribution in [0.25, 0.3) is 5.69 Å². The number of urea groups is 1. The molecule has 3 amide bonds. The molecule has 1 heterocycles. The normalized spacial score (nSPS) is 12.5. The van der Waals surface area contributed by atoms with Crippen LogP contribution in [0.15, 0.2) is 23.4 Å². The van der Waals surface area contributed by atoms with Crippen LogP contribution < -0.4 is 10.6 Å². The van der Waals surface area contributed by atoms with Crippen molar-refractivity contribution in [2.75, 3.05) is 0 Å². The van der Waals surface area contributed by atoms with Gasteiger partial charge in [0.15, 0.2) is 0 Å². The molecule has 0 saturated heterocycles. The van der Waals surface area contributed by atoms with Crippen molar-refractivity contribution in [1.82, 2.24) is 30.8 Å². The predicted octanol–water partition coefficient (Wildman–Crippen LogP) is 2.38. The highest BCUT2D eigenvalue weighted by Gasteiger charge is 2.23. The number of thioether (sulfide) groups is 1. The van der Waals surface area contributed by atoms with E-state index in [1.807, 2.05) is 52.8 Å². The number of carbonyl (C=O) groups is 2. The van der Waals surface area contributed by atoms with E-state index in [1.54, 1.807) is 11.6 Å². The number of hydrogen-bond acceptors (Lipinski definition) is 6. The molecule has 8 nitrogen and oxygen atoms in total. The summed E-state index contributed by atoms with van der Waals surface area (Å²) in [6.45, 7) is 11.2. The lowest BCUT2D eigenvalue weighted by atomic mass is 10.1. The van der Waals surface area contributed by atoms with Gasteiger partial charge in [-0.2, -0.15) is 4.68 Å². The highest BCUT2D eigenvalue weighted by Crippen LogP contribution is 2.24. The first-order valence-corrected chi connectivity index (χ1v) is 9.10. The highest BCUT2D eigenvalue weighted by molar-refractivity contribution is 8.00. The van der Waals surface area contributed by atoms with E-state index >= 15 is 0 Å². The quantitative estimate of drug-likeness (QED) is 0.795. The Morgan fingerprint density at radius 2 is 1.92 bits per heavy atom. The van der Waals surface area contributed by atoms with Gasteiger partial charge in [-0.3, -0.25) is 10.1 Å². The van der Waals surface area contributed by atoms with Gasteiger partial charge in [0.25, 0.3) is 0 Å². The van der Waals surface area contributed by atoms with E-state index in [4.69, 9.17) is 0 Å². The first-order chi connectivity index (χ1) is 12.1. The molecule has 140 valence electrons. The minimum atomic E-state index is -0.546. The van der Waals surface area contributed by atoms with Gasteiger partial charge in [0.2, 0.25) is 11.1 Å². The molecule has 2 rings (SSSR count). The topological polar surface area (TPSA) is 102 Å². The SMILES string of the molecule is Cc1ccc(C)c(-n2nnnc2S[C@H](C)C(=O)NC(=O)NC(C)(C)C)c1. The van der Waals surface area contributed by atoms with Gasteiger partial charge >= 0.3 is 6.03 Å². The molecule has 0 aliphatic heterocycles. The minimum absolute atomic E-state index is 0.410. The van der Waals surface area contributed by atoms with E-state index in [-0.39, 0.29) is 0 Å². The van der Waals surface area contributed by atoms with Crippen molar-refractivity contribution in [3.8, 4) is 5.69 Å². The van der Waals surface area contributed by atoms with Crippen molar-refractivity contribution in [3.05, 3.63) is 29.3 Å². The summed E-state index contributed by atoms with van der Waals surface area (Å²) in [5.74, 6) is -0.410. The molecule has 0 radical (unpaired) electrons. The Bertz CT molecular complexity index is 812. The zero-order chi connectivity index (χ0) is 19.5. The third-order valence-corrected chi connectivity index (χ3v) is 4.44. The number of tetrazole rings is 1. The lowest BCUT2D eigenvalue weighted by Crippen LogP contribution is -2.49. The van der Waals surface area contributed by atoms with Crippen LogP contribution in [0.5, 0.6) is 0 Å². The van der Waals surface area contributed by atoms with E-state index < -0.39 is 22.7 Å². The van der Waals surface area contributed by atoms with Gasteiger partial charge in [-0.25, -0.2) is 4.79 Å². The standard InChI is InChI=1S/C17H24N6O2S/c1-10-7-8-11(2)13(9-10)23-16(20-21-22-23)26-12(3)14(24)18-15(25)19-17(4,5)6/h7-9,12H,1-6H3,(H2,18,19,24,25)/t12-/m1/s1.